The van der Waals surface area contributed by atoms with Crippen LogP contribution in [-0.2, 0) is 32.5 Å². The van der Waals surface area contributed by atoms with Crippen molar-refractivity contribution in [2.24, 2.45) is 0 Å². The number of carbonyl (C=O) groups is 1. The molecule has 3 heterocycles. The van der Waals surface area contributed by atoms with Crippen LogP contribution in [0.25, 0.3) is 5.57 Å². The van der Waals surface area contributed by atoms with Gasteiger partial charge in [-0.15, -0.1) is 0 Å². The molecule has 0 aliphatic carbocycles. The van der Waals surface area contributed by atoms with Gasteiger partial charge in [0.1, 0.15) is 11.4 Å². The highest BCUT2D eigenvalue weighted by atomic mass is 31.2. The summed E-state index contributed by atoms with van der Waals surface area (Å²) in [7, 11) is -1.64. The fraction of sp³-hybridized carbons (Fsp3) is 0.367. The molecule has 2 aliphatic rings. The van der Waals surface area contributed by atoms with Crippen molar-refractivity contribution in [3.63, 3.8) is 0 Å². The van der Waals surface area contributed by atoms with E-state index in [2.05, 4.69) is 32.0 Å². The van der Waals surface area contributed by atoms with Gasteiger partial charge in [0.05, 0.1) is 30.6 Å². The molecule has 234 valence electrons. The molecule has 3 N–H and O–H groups in total. The molecule has 2 aliphatic heterocycles. The van der Waals surface area contributed by atoms with Gasteiger partial charge in [-0.3, -0.25) is 9.36 Å². The molecule has 0 saturated heterocycles. The summed E-state index contributed by atoms with van der Waals surface area (Å²) < 4.78 is 65.7. The smallest absolute Gasteiger partial charge is 0.339 e. The van der Waals surface area contributed by atoms with E-state index in [0.29, 0.717) is 36.1 Å². The molecule has 0 spiro atoms. The summed E-state index contributed by atoms with van der Waals surface area (Å²) in [6, 6.07) is 10.2. The van der Waals surface area contributed by atoms with Gasteiger partial charge in [0, 0.05) is 32.0 Å². The number of aromatic nitrogens is 2. The van der Waals surface area contributed by atoms with Crippen LogP contribution < -0.4 is 16.0 Å². The molecule has 2 aromatic carbocycles. The molecule has 0 radical (unpaired) electrons. The van der Waals surface area contributed by atoms with Gasteiger partial charge < -0.3 is 29.9 Å². The van der Waals surface area contributed by atoms with Crippen LogP contribution in [0.2, 0.25) is 0 Å². The minimum atomic E-state index is -4.75. The first-order chi connectivity index (χ1) is 21.0. The number of alkyl halides is 3. The third-order valence-corrected chi connectivity index (χ3v) is 9.32. The van der Waals surface area contributed by atoms with Crippen molar-refractivity contribution in [3.05, 3.63) is 76.5 Å². The average Bonchev–Trinajstić information content (AvgIpc) is 3.28. The monoisotopic (exact) mass is 630 g/mol. The minimum absolute atomic E-state index is 0.0744. The van der Waals surface area contributed by atoms with E-state index in [9.17, 15) is 22.5 Å². The number of hydrogen-bond acceptors (Lipinski definition) is 9. The first-order valence-electron chi connectivity index (χ1n) is 14.3. The Balaban J connectivity index is 1.43. The number of anilines is 4. The Hall–Kier alpha value is -3.77. The average molecular weight is 631 g/mol. The van der Waals surface area contributed by atoms with Crippen molar-refractivity contribution in [1.82, 2.24) is 20.2 Å². The molecule has 3 aromatic rings. The van der Waals surface area contributed by atoms with E-state index in [1.54, 1.807) is 56.1 Å². The minimum Gasteiger partial charge on any atom is -0.339 e. The molecule has 10 nitrogen and oxygen atoms in total. The number of benzene rings is 2. The third kappa shape index (κ3) is 6.96. The van der Waals surface area contributed by atoms with E-state index >= 15 is 0 Å². The van der Waals surface area contributed by atoms with Gasteiger partial charge >= 0.3 is 13.8 Å². The van der Waals surface area contributed by atoms with Crippen molar-refractivity contribution < 1.29 is 31.6 Å². The van der Waals surface area contributed by atoms with E-state index in [4.69, 9.17) is 9.05 Å². The summed E-state index contributed by atoms with van der Waals surface area (Å²) in [6.07, 6.45) is -1.11. The number of amides is 1. The number of nitrogens with zero attached hydrogens (tertiary/aromatic N) is 3. The molecular weight excluding hydrogens is 596 g/mol. The zero-order chi connectivity index (χ0) is 31.5. The van der Waals surface area contributed by atoms with Gasteiger partial charge in [0.15, 0.2) is 0 Å². The van der Waals surface area contributed by atoms with Crippen LogP contribution in [0.5, 0.6) is 0 Å². The quantitative estimate of drug-likeness (QED) is 0.199. The fourth-order valence-corrected chi connectivity index (χ4v) is 6.97. The van der Waals surface area contributed by atoms with Crippen LogP contribution in [-0.4, -0.2) is 54.1 Å². The second-order valence-corrected chi connectivity index (χ2v) is 12.4. The number of hydrogen-bond donors (Lipinski definition) is 3. The molecule has 14 heteroatoms. The Kier molecular flexibility index (Phi) is 9.40. The lowest BCUT2D eigenvalue weighted by Crippen LogP contribution is -2.20. The second kappa shape index (κ2) is 13.1. The van der Waals surface area contributed by atoms with Gasteiger partial charge in [-0.1, -0.05) is 24.3 Å². The number of nitrogens with one attached hydrogen (secondary N) is 3. The summed E-state index contributed by atoms with van der Waals surface area (Å²) in [5.74, 6) is -0.850. The number of carbonyl (C=O) groups excluding carboxylic acids is 1. The van der Waals surface area contributed by atoms with Crippen molar-refractivity contribution in [2.45, 2.75) is 39.2 Å². The lowest BCUT2D eigenvalue weighted by atomic mass is 9.92. The molecule has 0 unspecified atom stereocenters. The van der Waals surface area contributed by atoms with Crippen molar-refractivity contribution in [2.75, 3.05) is 44.0 Å². The highest BCUT2D eigenvalue weighted by Crippen LogP contribution is 2.51. The maximum Gasteiger partial charge on any atom is 0.421 e. The topological polar surface area (TPSA) is 118 Å². The van der Waals surface area contributed by atoms with Crippen LogP contribution in [0, 0.1) is 0 Å². The first-order valence-corrected chi connectivity index (χ1v) is 16.0. The Morgan fingerprint density at radius 2 is 1.80 bits per heavy atom. The molecule has 0 saturated carbocycles. The lowest BCUT2D eigenvalue weighted by Gasteiger charge is -2.19. The summed E-state index contributed by atoms with van der Waals surface area (Å²) in [5.41, 5.74) is 3.49. The van der Waals surface area contributed by atoms with Gasteiger partial charge in [0.2, 0.25) is 5.95 Å². The van der Waals surface area contributed by atoms with Crippen LogP contribution >= 0.6 is 7.60 Å². The number of halogens is 3. The van der Waals surface area contributed by atoms with Crippen molar-refractivity contribution in [3.8, 4) is 0 Å². The van der Waals surface area contributed by atoms with Gasteiger partial charge in [-0.25, -0.2) is 4.98 Å². The maximum absolute atomic E-state index is 14.0. The molecule has 5 rings (SSSR count). The summed E-state index contributed by atoms with van der Waals surface area (Å²) in [5, 5.41) is 8.98. The molecule has 0 fully saturated rings. The summed E-state index contributed by atoms with van der Waals surface area (Å²) in [6.45, 7) is 5.82. The predicted octanol–water partition coefficient (Wildman–Crippen LogP) is 6.71. The number of fused-ring (bicyclic) bond motifs is 1. The summed E-state index contributed by atoms with van der Waals surface area (Å²) >= 11 is 0. The highest BCUT2D eigenvalue weighted by Gasteiger charge is 2.37. The van der Waals surface area contributed by atoms with Crippen molar-refractivity contribution >= 4 is 42.2 Å². The van der Waals surface area contributed by atoms with Crippen molar-refractivity contribution in [1.29, 1.82) is 0 Å². The van der Waals surface area contributed by atoms with Gasteiger partial charge in [-0.05, 0) is 67.3 Å². The standard InChI is InChI=1S/C30H34F3N6O4P/c1-4-42-44(41,43-5-2)18-19-6-8-21(9-7-19)36-29-35-16-24(30(31,32)33)27(38-29)37-25-11-10-22(20-12-14-34-15-13-20)23-17-39(3)28(40)26(23)25/h6-12,16,34H,4-5,13-15,17-18H2,1-3H3,(H2,35,36,37,38). The zero-order valence-corrected chi connectivity index (χ0v) is 25.5. The Morgan fingerprint density at radius 1 is 1.07 bits per heavy atom. The van der Waals surface area contributed by atoms with Crippen LogP contribution in [0.4, 0.5) is 36.3 Å². The Labute approximate surface area is 253 Å². The molecular formula is C30H34F3N6O4P. The summed E-state index contributed by atoms with van der Waals surface area (Å²) in [4.78, 5) is 22.8. The molecule has 0 atom stereocenters. The van der Waals surface area contributed by atoms with Crippen LogP contribution in [0.3, 0.4) is 0 Å². The SMILES string of the molecule is CCOP(=O)(Cc1ccc(Nc2ncc(C(F)(F)F)c(Nc3ccc(C4=CCNCC4)c4c3C(=O)N(C)C4)n2)cc1)OCC. The van der Waals surface area contributed by atoms with Gasteiger partial charge in [0.25, 0.3) is 5.91 Å². The van der Waals surface area contributed by atoms with Crippen LogP contribution in [0.1, 0.15) is 52.9 Å². The normalized spacial score (nSPS) is 15.3. The Morgan fingerprint density at radius 3 is 2.43 bits per heavy atom. The first kappa shape index (κ1) is 31.6. The molecule has 44 heavy (non-hydrogen) atoms. The third-order valence-electron chi connectivity index (χ3n) is 7.26. The highest BCUT2D eigenvalue weighted by molar-refractivity contribution is 7.53. The Bertz CT molecular complexity index is 1600. The number of rotatable bonds is 11. The largest absolute Gasteiger partial charge is 0.421 e. The molecule has 0 bridgehead atoms. The van der Waals surface area contributed by atoms with Gasteiger partial charge in [-0.2, -0.15) is 18.2 Å². The lowest BCUT2D eigenvalue weighted by molar-refractivity contribution is -0.137. The van der Waals surface area contributed by atoms with E-state index in [0.717, 1.165) is 29.7 Å². The van der Waals surface area contributed by atoms with E-state index in [1.165, 1.54) is 0 Å². The van der Waals surface area contributed by atoms with E-state index < -0.39 is 25.2 Å². The predicted molar refractivity (Wildman–Crippen MR) is 162 cm³/mol. The molecule has 1 aromatic heterocycles. The van der Waals surface area contributed by atoms with E-state index in [1.807, 2.05) is 6.07 Å². The second-order valence-electron chi connectivity index (χ2n) is 10.4. The van der Waals surface area contributed by atoms with Crippen LogP contribution in [0.15, 0.2) is 48.7 Å². The maximum atomic E-state index is 14.0. The fourth-order valence-electron chi connectivity index (χ4n) is 5.27. The molecule has 1 amide bonds. The zero-order valence-electron chi connectivity index (χ0n) is 24.6. The van der Waals surface area contributed by atoms with E-state index in [-0.39, 0.29) is 36.9 Å².